The number of hydrogen-bond acceptors (Lipinski definition) is 2. The summed E-state index contributed by atoms with van der Waals surface area (Å²) in [5.74, 6) is -1.50. The molecule has 0 saturated carbocycles. The van der Waals surface area contributed by atoms with Crippen molar-refractivity contribution in [2.75, 3.05) is 5.32 Å². The maximum Gasteiger partial charge on any atom is 0.258 e. The molecule has 0 atom stereocenters. The monoisotopic (exact) mass is 287 g/mol. The molecule has 0 heterocycles. The van der Waals surface area contributed by atoms with Gasteiger partial charge in [0.2, 0.25) is 0 Å². The number of phenolic OH excluding ortho intramolecular Hbond substituents is 1. The van der Waals surface area contributed by atoms with Crippen LogP contribution >= 0.6 is 0 Å². The standard InChI is InChI=1S/C17H18FNO2/c1-17(2,3)13-6-4-5-7-15(13)19-16(21)12-9-8-11(20)10-14(12)18/h4-10,20H,1-3H3,(H,19,21). The van der Waals surface area contributed by atoms with Gasteiger partial charge in [-0.3, -0.25) is 4.79 Å². The van der Waals surface area contributed by atoms with Crippen molar-refractivity contribution in [2.45, 2.75) is 26.2 Å². The van der Waals surface area contributed by atoms with E-state index in [2.05, 4.69) is 5.32 Å². The number of hydrogen-bond donors (Lipinski definition) is 2. The summed E-state index contributed by atoms with van der Waals surface area (Å²) in [5, 5.41) is 11.9. The largest absolute Gasteiger partial charge is 0.508 e. The first kappa shape index (κ1) is 15.0. The van der Waals surface area contributed by atoms with Crippen LogP contribution in [-0.2, 0) is 5.41 Å². The van der Waals surface area contributed by atoms with Gasteiger partial charge in [-0.2, -0.15) is 0 Å². The zero-order chi connectivity index (χ0) is 15.6. The van der Waals surface area contributed by atoms with Gasteiger partial charge in [0.05, 0.1) is 5.56 Å². The van der Waals surface area contributed by atoms with Gasteiger partial charge in [0.15, 0.2) is 0 Å². The number of rotatable bonds is 2. The quantitative estimate of drug-likeness (QED) is 0.874. The van der Waals surface area contributed by atoms with Crippen molar-refractivity contribution in [3.8, 4) is 5.75 Å². The minimum absolute atomic E-state index is 0.100. The highest BCUT2D eigenvalue weighted by molar-refractivity contribution is 6.05. The highest BCUT2D eigenvalue weighted by atomic mass is 19.1. The maximum atomic E-state index is 13.7. The summed E-state index contributed by atoms with van der Waals surface area (Å²) in [6.45, 7) is 6.12. The Bertz CT molecular complexity index is 675. The molecule has 1 amide bonds. The van der Waals surface area contributed by atoms with E-state index >= 15 is 0 Å². The van der Waals surface area contributed by atoms with Gasteiger partial charge in [-0.25, -0.2) is 4.39 Å². The van der Waals surface area contributed by atoms with Crippen LogP contribution in [0.15, 0.2) is 42.5 Å². The van der Waals surface area contributed by atoms with Crippen LogP contribution in [0, 0.1) is 5.82 Å². The number of para-hydroxylation sites is 1. The fraction of sp³-hybridized carbons (Fsp3) is 0.235. The van der Waals surface area contributed by atoms with Crippen LogP contribution in [0.4, 0.5) is 10.1 Å². The molecule has 0 aromatic heterocycles. The summed E-state index contributed by atoms with van der Waals surface area (Å²) in [4.78, 5) is 12.2. The third kappa shape index (κ3) is 3.40. The Morgan fingerprint density at radius 2 is 1.81 bits per heavy atom. The lowest BCUT2D eigenvalue weighted by atomic mass is 9.86. The van der Waals surface area contributed by atoms with E-state index in [1.807, 2.05) is 39.0 Å². The van der Waals surface area contributed by atoms with Gasteiger partial charge in [-0.05, 0) is 29.2 Å². The molecule has 0 saturated heterocycles. The predicted octanol–water partition coefficient (Wildman–Crippen LogP) is 4.08. The smallest absolute Gasteiger partial charge is 0.258 e. The fourth-order valence-corrected chi connectivity index (χ4v) is 2.12. The van der Waals surface area contributed by atoms with Crippen molar-refractivity contribution in [2.24, 2.45) is 0 Å². The Balaban J connectivity index is 2.32. The molecule has 0 aliphatic heterocycles. The van der Waals surface area contributed by atoms with Crippen LogP contribution in [0.1, 0.15) is 36.7 Å². The van der Waals surface area contributed by atoms with Crippen molar-refractivity contribution in [1.82, 2.24) is 0 Å². The number of benzene rings is 2. The molecule has 0 bridgehead atoms. The van der Waals surface area contributed by atoms with Crippen molar-refractivity contribution >= 4 is 11.6 Å². The second-order valence-electron chi connectivity index (χ2n) is 5.91. The van der Waals surface area contributed by atoms with Crippen molar-refractivity contribution in [1.29, 1.82) is 0 Å². The number of amides is 1. The van der Waals surface area contributed by atoms with Crippen molar-refractivity contribution in [3.05, 3.63) is 59.4 Å². The molecule has 2 aromatic rings. The summed E-state index contributed by atoms with van der Waals surface area (Å²) in [7, 11) is 0. The topological polar surface area (TPSA) is 49.3 Å². The normalized spacial score (nSPS) is 11.2. The van der Waals surface area contributed by atoms with Crippen LogP contribution in [0.2, 0.25) is 0 Å². The lowest BCUT2D eigenvalue weighted by Crippen LogP contribution is -2.19. The molecule has 0 fully saturated rings. The summed E-state index contributed by atoms with van der Waals surface area (Å²) >= 11 is 0. The molecule has 2 rings (SSSR count). The van der Waals surface area contributed by atoms with Crippen molar-refractivity contribution < 1.29 is 14.3 Å². The van der Waals surface area contributed by atoms with Gasteiger partial charge in [0.1, 0.15) is 11.6 Å². The Hall–Kier alpha value is -2.36. The molecule has 0 spiro atoms. The fourth-order valence-electron chi connectivity index (χ4n) is 2.12. The molecule has 3 nitrogen and oxygen atoms in total. The highest BCUT2D eigenvalue weighted by Gasteiger charge is 2.20. The highest BCUT2D eigenvalue weighted by Crippen LogP contribution is 2.29. The molecule has 2 aromatic carbocycles. The summed E-state index contributed by atoms with van der Waals surface area (Å²) in [5.41, 5.74) is 1.38. The first-order valence-corrected chi connectivity index (χ1v) is 6.68. The van der Waals surface area contributed by atoms with E-state index in [4.69, 9.17) is 0 Å². The number of carbonyl (C=O) groups excluding carboxylic acids is 1. The van der Waals surface area contributed by atoms with Crippen LogP contribution < -0.4 is 5.32 Å². The Kier molecular flexibility index (Phi) is 3.98. The first-order chi connectivity index (χ1) is 9.79. The summed E-state index contributed by atoms with van der Waals surface area (Å²) in [6, 6.07) is 10.9. The van der Waals surface area contributed by atoms with Gasteiger partial charge in [0, 0.05) is 11.8 Å². The van der Waals surface area contributed by atoms with Gasteiger partial charge in [-0.1, -0.05) is 39.0 Å². The van der Waals surface area contributed by atoms with Crippen LogP contribution in [0.3, 0.4) is 0 Å². The van der Waals surface area contributed by atoms with Gasteiger partial charge in [0.25, 0.3) is 5.91 Å². The van der Waals surface area contributed by atoms with Crippen LogP contribution in [-0.4, -0.2) is 11.0 Å². The maximum absolute atomic E-state index is 13.7. The molecular formula is C17H18FNO2. The van der Waals surface area contributed by atoms with Crippen molar-refractivity contribution in [3.63, 3.8) is 0 Å². The minimum Gasteiger partial charge on any atom is -0.508 e. The summed E-state index contributed by atoms with van der Waals surface area (Å²) in [6.07, 6.45) is 0. The molecule has 21 heavy (non-hydrogen) atoms. The molecular weight excluding hydrogens is 269 g/mol. The molecule has 2 N–H and O–H groups in total. The molecule has 0 unspecified atom stereocenters. The second-order valence-corrected chi connectivity index (χ2v) is 5.91. The minimum atomic E-state index is -0.749. The predicted molar refractivity (Wildman–Crippen MR) is 81.2 cm³/mol. The molecule has 0 aliphatic carbocycles. The molecule has 0 aliphatic rings. The molecule has 0 radical (unpaired) electrons. The average molecular weight is 287 g/mol. The second kappa shape index (κ2) is 5.56. The number of phenols is 1. The molecule has 4 heteroatoms. The number of anilines is 1. The SMILES string of the molecule is CC(C)(C)c1ccccc1NC(=O)c1ccc(O)cc1F. The first-order valence-electron chi connectivity index (χ1n) is 6.68. The van der Waals surface area contributed by atoms with E-state index in [9.17, 15) is 14.3 Å². The number of halogens is 1. The van der Waals surface area contributed by atoms with E-state index in [-0.39, 0.29) is 16.7 Å². The number of nitrogens with one attached hydrogen (secondary N) is 1. The number of carbonyl (C=O) groups is 1. The third-order valence-corrected chi connectivity index (χ3v) is 3.18. The average Bonchev–Trinajstić information content (AvgIpc) is 2.37. The van der Waals surface area contributed by atoms with E-state index in [1.54, 1.807) is 6.07 Å². The van der Waals surface area contributed by atoms with Crippen LogP contribution in [0.5, 0.6) is 5.75 Å². The molecule has 110 valence electrons. The Morgan fingerprint density at radius 3 is 2.43 bits per heavy atom. The van der Waals surface area contributed by atoms with E-state index in [0.29, 0.717) is 5.69 Å². The summed E-state index contributed by atoms with van der Waals surface area (Å²) < 4.78 is 13.7. The van der Waals surface area contributed by atoms with Gasteiger partial charge < -0.3 is 10.4 Å². The zero-order valence-electron chi connectivity index (χ0n) is 12.3. The Morgan fingerprint density at radius 1 is 1.14 bits per heavy atom. The lowest BCUT2D eigenvalue weighted by Gasteiger charge is -2.23. The van der Waals surface area contributed by atoms with Gasteiger partial charge in [-0.15, -0.1) is 0 Å². The zero-order valence-corrected chi connectivity index (χ0v) is 12.3. The van der Waals surface area contributed by atoms with Gasteiger partial charge >= 0.3 is 0 Å². The van der Waals surface area contributed by atoms with E-state index in [1.165, 1.54) is 12.1 Å². The Labute approximate surface area is 123 Å². The van der Waals surface area contributed by atoms with Crippen LogP contribution in [0.25, 0.3) is 0 Å². The number of aromatic hydroxyl groups is 1. The lowest BCUT2D eigenvalue weighted by molar-refractivity contribution is 0.102. The van der Waals surface area contributed by atoms with E-state index < -0.39 is 11.7 Å². The third-order valence-electron chi connectivity index (χ3n) is 3.18. The van der Waals surface area contributed by atoms with E-state index in [0.717, 1.165) is 11.6 Å².